The van der Waals surface area contributed by atoms with Crippen LogP contribution in [0, 0.1) is 0 Å². The van der Waals surface area contributed by atoms with Crippen LogP contribution in [0.5, 0.6) is 11.5 Å². The van der Waals surface area contributed by atoms with Crippen LogP contribution in [0.25, 0.3) is 15.8 Å². The van der Waals surface area contributed by atoms with Gasteiger partial charge in [-0.05, 0) is 71.8 Å². The second-order valence-corrected chi connectivity index (χ2v) is 10.9. The highest BCUT2D eigenvalue weighted by Crippen LogP contribution is 2.31. The van der Waals surface area contributed by atoms with Crippen molar-refractivity contribution in [3.8, 4) is 22.6 Å². The predicted molar refractivity (Wildman–Crippen MR) is 139 cm³/mol. The average molecular weight is 524 g/mol. The number of hydrogen-bond donors (Lipinski definition) is 1. The van der Waals surface area contributed by atoms with Crippen molar-refractivity contribution in [2.75, 3.05) is 18.9 Å². The Labute approximate surface area is 210 Å². The molecule has 0 amide bonds. The number of nitrogens with one attached hydrogen (secondary N) is 1. The molecule has 0 unspecified atom stereocenters. The van der Waals surface area contributed by atoms with Crippen LogP contribution in [0.4, 0.5) is 11.4 Å². The summed E-state index contributed by atoms with van der Waals surface area (Å²) in [7, 11) is -4.63. The van der Waals surface area contributed by atoms with Gasteiger partial charge >= 0.3 is 0 Å². The van der Waals surface area contributed by atoms with Gasteiger partial charge in [0.05, 0.1) is 24.0 Å². The molecule has 0 saturated heterocycles. The van der Waals surface area contributed by atoms with Gasteiger partial charge in [-0.2, -0.15) is 0 Å². The molecule has 10 heteroatoms. The van der Waals surface area contributed by atoms with Crippen molar-refractivity contribution in [3.63, 3.8) is 0 Å². The molecule has 36 heavy (non-hydrogen) atoms. The van der Waals surface area contributed by atoms with E-state index in [1.54, 1.807) is 72.8 Å². The molecule has 0 saturated carbocycles. The molecule has 0 radical (unpaired) electrons. The van der Waals surface area contributed by atoms with Crippen molar-refractivity contribution in [2.45, 2.75) is 9.79 Å². The Hall–Kier alpha value is -4.02. The molecule has 4 rings (SSSR count). The van der Waals surface area contributed by atoms with E-state index in [0.29, 0.717) is 22.9 Å². The minimum absolute atomic E-state index is 0.0463. The van der Waals surface area contributed by atoms with E-state index in [1.165, 1.54) is 38.5 Å². The van der Waals surface area contributed by atoms with Crippen molar-refractivity contribution >= 4 is 31.4 Å². The lowest BCUT2D eigenvalue weighted by Gasteiger charge is -2.22. The summed E-state index contributed by atoms with van der Waals surface area (Å²) in [6, 6.07) is 25.5. The van der Waals surface area contributed by atoms with Gasteiger partial charge in [-0.3, -0.25) is 4.72 Å². The number of ether oxygens (including phenoxy) is 2. The highest BCUT2D eigenvalue weighted by atomic mass is 32.2. The molecule has 1 N–H and O–H groups in total. The number of sulfonamides is 2. The third-order valence-corrected chi connectivity index (χ3v) is 8.01. The lowest BCUT2D eigenvalue weighted by molar-refractivity contribution is 0.415. The molecule has 4 aromatic rings. The maximum Gasteiger partial charge on any atom is 0.261 e. The summed E-state index contributed by atoms with van der Waals surface area (Å²) < 4.78 is 67.3. The van der Waals surface area contributed by atoms with Crippen LogP contribution in [0.3, 0.4) is 0 Å². The van der Waals surface area contributed by atoms with Gasteiger partial charge in [-0.25, -0.2) is 16.8 Å². The molecular formula is C26H23N2O6S2-. The molecule has 0 heterocycles. The van der Waals surface area contributed by atoms with Crippen LogP contribution in [0.1, 0.15) is 0 Å². The zero-order valence-corrected chi connectivity index (χ0v) is 21.1. The Balaban J connectivity index is 1.47. The fourth-order valence-electron chi connectivity index (χ4n) is 3.35. The van der Waals surface area contributed by atoms with Crippen molar-refractivity contribution in [2.24, 2.45) is 0 Å². The number of anilines is 1. The van der Waals surface area contributed by atoms with E-state index in [4.69, 9.17) is 9.47 Å². The van der Waals surface area contributed by atoms with Gasteiger partial charge in [0, 0.05) is 5.69 Å². The molecule has 4 aromatic carbocycles. The fraction of sp³-hybridized carbons (Fsp3) is 0.0769. The van der Waals surface area contributed by atoms with Crippen molar-refractivity contribution < 1.29 is 26.3 Å². The Morgan fingerprint density at radius 1 is 0.583 bits per heavy atom. The van der Waals surface area contributed by atoms with Crippen LogP contribution in [-0.2, 0) is 20.0 Å². The molecule has 0 bridgehead atoms. The topological polar surface area (TPSA) is 113 Å². The molecule has 0 spiro atoms. The summed E-state index contributed by atoms with van der Waals surface area (Å²) in [5.74, 6) is 1.22. The first-order valence-corrected chi connectivity index (χ1v) is 13.6. The van der Waals surface area contributed by atoms with Crippen molar-refractivity contribution in [1.29, 1.82) is 0 Å². The average Bonchev–Trinajstić information content (AvgIpc) is 2.89. The van der Waals surface area contributed by atoms with Gasteiger partial charge in [-0.1, -0.05) is 36.4 Å². The fourth-order valence-corrected chi connectivity index (χ4v) is 5.40. The molecule has 0 fully saturated rings. The lowest BCUT2D eigenvalue weighted by atomic mass is 10.1. The molecule has 0 aliphatic rings. The Morgan fingerprint density at radius 2 is 1.03 bits per heavy atom. The summed E-state index contributed by atoms with van der Waals surface area (Å²) in [6.45, 7) is 0. The highest BCUT2D eigenvalue weighted by molar-refractivity contribution is 7.94. The van der Waals surface area contributed by atoms with Crippen LogP contribution in [0.2, 0.25) is 0 Å². The van der Waals surface area contributed by atoms with E-state index < -0.39 is 20.0 Å². The quantitative estimate of drug-likeness (QED) is 0.307. The monoisotopic (exact) mass is 523 g/mol. The van der Waals surface area contributed by atoms with Gasteiger partial charge in [0.1, 0.15) is 21.5 Å². The molecule has 0 aromatic heterocycles. The second-order valence-electron chi connectivity index (χ2n) is 7.65. The minimum atomic E-state index is -3.90. The lowest BCUT2D eigenvalue weighted by Crippen LogP contribution is -2.12. The van der Waals surface area contributed by atoms with Crippen LogP contribution in [-0.4, -0.2) is 31.1 Å². The van der Waals surface area contributed by atoms with Gasteiger partial charge in [0.15, 0.2) is 0 Å². The molecule has 8 nitrogen and oxygen atoms in total. The van der Waals surface area contributed by atoms with Gasteiger partial charge in [-0.15, -0.1) is 5.69 Å². The van der Waals surface area contributed by atoms with Crippen LogP contribution < -0.4 is 14.2 Å². The normalized spacial score (nSPS) is 11.5. The van der Waals surface area contributed by atoms with E-state index in [-0.39, 0.29) is 9.79 Å². The zero-order valence-electron chi connectivity index (χ0n) is 19.5. The second kappa shape index (κ2) is 10.3. The summed E-state index contributed by atoms with van der Waals surface area (Å²) in [5, 5.41) is 0. The third-order valence-electron chi connectivity index (χ3n) is 5.29. The van der Waals surface area contributed by atoms with Crippen LogP contribution >= 0.6 is 0 Å². The van der Waals surface area contributed by atoms with E-state index >= 15 is 0 Å². The van der Waals surface area contributed by atoms with E-state index in [1.807, 2.05) is 0 Å². The molecule has 186 valence electrons. The predicted octanol–water partition coefficient (Wildman–Crippen LogP) is 5.57. The Kier molecular flexibility index (Phi) is 7.18. The summed E-state index contributed by atoms with van der Waals surface area (Å²) >= 11 is 0. The first-order chi connectivity index (χ1) is 17.2. The first-order valence-electron chi connectivity index (χ1n) is 10.7. The molecule has 0 aliphatic carbocycles. The number of methoxy groups -OCH3 is 2. The molecular weight excluding hydrogens is 500 g/mol. The summed E-state index contributed by atoms with van der Waals surface area (Å²) in [6.07, 6.45) is 0. The van der Waals surface area contributed by atoms with Gasteiger partial charge in [0.2, 0.25) is 0 Å². The van der Waals surface area contributed by atoms with E-state index in [9.17, 15) is 16.8 Å². The minimum Gasteiger partial charge on any atom is -0.573 e. The molecule has 0 aliphatic heterocycles. The largest absolute Gasteiger partial charge is 0.573 e. The highest BCUT2D eigenvalue weighted by Gasteiger charge is 2.14. The van der Waals surface area contributed by atoms with E-state index in [2.05, 4.69) is 9.44 Å². The zero-order chi connectivity index (χ0) is 25.8. The summed E-state index contributed by atoms with van der Waals surface area (Å²) in [5.41, 5.74) is 2.16. The number of nitrogens with zero attached hydrogens (tertiary/aromatic N) is 1. The van der Waals surface area contributed by atoms with Gasteiger partial charge in [0.25, 0.3) is 10.0 Å². The summed E-state index contributed by atoms with van der Waals surface area (Å²) in [4.78, 5) is 0.143. The third kappa shape index (κ3) is 5.78. The van der Waals surface area contributed by atoms with Crippen molar-refractivity contribution in [1.82, 2.24) is 0 Å². The number of rotatable bonds is 9. The maximum absolute atomic E-state index is 12.7. The number of hydrogen-bond acceptors (Lipinski definition) is 6. The van der Waals surface area contributed by atoms with E-state index in [0.717, 1.165) is 11.1 Å². The molecule has 0 atom stereocenters. The Morgan fingerprint density at radius 3 is 1.50 bits per heavy atom. The number of benzene rings is 4. The van der Waals surface area contributed by atoms with Crippen LogP contribution in [0.15, 0.2) is 107 Å². The standard InChI is InChI=1S/C26H23N2O6S2/c1-33-23-11-7-21(8-12-23)27-35(29,30)25-15-3-19(4-16-25)20-5-17-26(18-6-20)36(31,32)28-22-9-13-24(34-2)14-10-22/h3-18,27H,1-2H3/q-1. The van der Waals surface area contributed by atoms with Crippen molar-refractivity contribution in [3.05, 3.63) is 102 Å². The SMILES string of the molecule is COc1ccc([N-]S(=O)(=O)c2ccc(-c3ccc(S(=O)(=O)Nc4ccc(OC)cc4)cc3)cc2)cc1. The Bertz CT molecular complexity index is 1410. The van der Waals surface area contributed by atoms with Gasteiger partial charge < -0.3 is 14.2 Å². The maximum atomic E-state index is 12.7. The first kappa shape index (κ1) is 25.1. The smallest absolute Gasteiger partial charge is 0.261 e.